The lowest BCUT2D eigenvalue weighted by molar-refractivity contribution is 0.599. The average molecular weight is 333 g/mol. The third kappa shape index (κ3) is 3.89. The predicted molar refractivity (Wildman–Crippen MR) is 81.8 cm³/mol. The van der Waals surface area contributed by atoms with Gasteiger partial charge in [0.25, 0.3) is 0 Å². The number of sulfonamides is 1. The Hall–Kier alpha value is -2.81. The van der Waals surface area contributed by atoms with E-state index in [1.165, 1.54) is 41.3 Å². The number of halogens is 1. The summed E-state index contributed by atoms with van der Waals surface area (Å²) in [6.45, 7) is 0. The highest BCUT2D eigenvalue weighted by Gasteiger charge is 2.14. The second kappa shape index (κ2) is 6.13. The van der Waals surface area contributed by atoms with Gasteiger partial charge in [0.1, 0.15) is 18.0 Å². The van der Waals surface area contributed by atoms with Crippen molar-refractivity contribution in [3.05, 3.63) is 66.5 Å². The number of rotatable bonds is 5. The maximum Gasteiger partial charge on any atom is 0.238 e. The number of aromatic nitrogens is 4. The van der Waals surface area contributed by atoms with E-state index in [1.54, 1.807) is 18.5 Å². The number of benzene rings is 1. The number of anilines is 1. The third-order valence-electron chi connectivity index (χ3n) is 2.90. The smallest absolute Gasteiger partial charge is 0.238 e. The van der Waals surface area contributed by atoms with Crippen LogP contribution in [-0.4, -0.2) is 28.2 Å². The molecule has 9 heteroatoms. The molecule has 7 nitrogen and oxygen atoms in total. The second-order valence-corrected chi connectivity index (χ2v) is 6.43. The Labute approximate surface area is 131 Å². The van der Waals surface area contributed by atoms with Crippen LogP contribution in [0.5, 0.6) is 0 Å². The standard InChI is InChI=1S/C14H12FN5O2S/c15-12-4-1-3-11(7-12)9-23(21,22)19-13-8-14(17-10-16-13)20-6-2-5-18-20/h1-8,10H,9H2,(H,16,17,19). The first kappa shape index (κ1) is 15.1. The molecule has 2 heterocycles. The van der Waals surface area contributed by atoms with Crippen LogP contribution < -0.4 is 4.72 Å². The predicted octanol–water partition coefficient (Wildman–Crippen LogP) is 1.74. The van der Waals surface area contributed by atoms with E-state index in [2.05, 4.69) is 19.8 Å². The topological polar surface area (TPSA) is 89.8 Å². The molecule has 3 rings (SSSR count). The van der Waals surface area contributed by atoms with Crippen molar-refractivity contribution in [2.45, 2.75) is 5.75 Å². The minimum Gasteiger partial charge on any atom is -0.267 e. The summed E-state index contributed by atoms with van der Waals surface area (Å²) < 4.78 is 41.3. The highest BCUT2D eigenvalue weighted by atomic mass is 32.2. The lowest BCUT2D eigenvalue weighted by atomic mass is 10.2. The molecule has 2 aromatic heterocycles. The van der Waals surface area contributed by atoms with E-state index in [-0.39, 0.29) is 11.6 Å². The Morgan fingerprint density at radius 1 is 1.17 bits per heavy atom. The molecule has 3 aromatic rings. The lowest BCUT2D eigenvalue weighted by Crippen LogP contribution is -2.16. The molecule has 118 valence electrons. The highest BCUT2D eigenvalue weighted by Crippen LogP contribution is 2.13. The molecule has 23 heavy (non-hydrogen) atoms. The first-order valence-electron chi connectivity index (χ1n) is 6.59. The highest BCUT2D eigenvalue weighted by molar-refractivity contribution is 7.91. The van der Waals surface area contributed by atoms with Crippen LogP contribution >= 0.6 is 0 Å². The molecule has 0 atom stereocenters. The van der Waals surface area contributed by atoms with Crippen molar-refractivity contribution in [2.75, 3.05) is 4.72 Å². The Morgan fingerprint density at radius 3 is 2.78 bits per heavy atom. The van der Waals surface area contributed by atoms with E-state index in [0.717, 1.165) is 0 Å². The van der Waals surface area contributed by atoms with Crippen LogP contribution in [0.1, 0.15) is 5.56 Å². The van der Waals surface area contributed by atoms with Crippen LogP contribution in [0.3, 0.4) is 0 Å². The van der Waals surface area contributed by atoms with Crippen molar-refractivity contribution in [1.29, 1.82) is 0 Å². The maximum atomic E-state index is 13.1. The average Bonchev–Trinajstić information content (AvgIpc) is 3.00. The zero-order valence-corrected chi connectivity index (χ0v) is 12.6. The molecule has 0 aliphatic rings. The van der Waals surface area contributed by atoms with E-state index in [1.807, 2.05) is 0 Å². The Bertz CT molecular complexity index is 912. The van der Waals surface area contributed by atoms with Crippen LogP contribution in [0.15, 0.2) is 55.1 Å². The molecule has 0 spiro atoms. The fraction of sp³-hybridized carbons (Fsp3) is 0.0714. The molecular weight excluding hydrogens is 321 g/mol. The van der Waals surface area contributed by atoms with Gasteiger partial charge in [-0.3, -0.25) is 4.72 Å². The van der Waals surface area contributed by atoms with Crippen molar-refractivity contribution in [1.82, 2.24) is 19.7 Å². The van der Waals surface area contributed by atoms with Gasteiger partial charge in [0.15, 0.2) is 5.82 Å². The summed E-state index contributed by atoms with van der Waals surface area (Å²) in [5.74, 6) is -0.303. The van der Waals surface area contributed by atoms with Gasteiger partial charge < -0.3 is 0 Å². The molecule has 0 amide bonds. The number of hydrogen-bond donors (Lipinski definition) is 1. The zero-order chi connectivity index (χ0) is 16.3. The first-order valence-corrected chi connectivity index (χ1v) is 8.24. The summed E-state index contributed by atoms with van der Waals surface area (Å²) in [6, 6.07) is 8.60. The van der Waals surface area contributed by atoms with Crippen LogP contribution in [0.4, 0.5) is 10.2 Å². The molecule has 0 aliphatic carbocycles. The van der Waals surface area contributed by atoms with Crippen LogP contribution in [0.25, 0.3) is 5.82 Å². The minimum absolute atomic E-state index is 0.113. The Kier molecular flexibility index (Phi) is 4.02. The largest absolute Gasteiger partial charge is 0.267 e. The third-order valence-corrected chi connectivity index (χ3v) is 4.13. The van der Waals surface area contributed by atoms with Crippen LogP contribution in [0, 0.1) is 5.82 Å². The zero-order valence-electron chi connectivity index (χ0n) is 11.8. The van der Waals surface area contributed by atoms with Crippen LogP contribution in [0.2, 0.25) is 0 Å². The van der Waals surface area contributed by atoms with E-state index < -0.39 is 15.8 Å². The van der Waals surface area contributed by atoms with Gasteiger partial charge in [0.2, 0.25) is 10.0 Å². The van der Waals surface area contributed by atoms with Gasteiger partial charge in [-0.15, -0.1) is 0 Å². The van der Waals surface area contributed by atoms with Crippen molar-refractivity contribution >= 4 is 15.8 Å². The number of nitrogens with one attached hydrogen (secondary N) is 1. The Balaban J connectivity index is 1.79. The van der Waals surface area contributed by atoms with Gasteiger partial charge in [0, 0.05) is 18.5 Å². The minimum atomic E-state index is -3.73. The molecule has 0 fully saturated rings. The monoisotopic (exact) mass is 333 g/mol. The van der Waals surface area contributed by atoms with Crippen molar-refractivity contribution in [3.63, 3.8) is 0 Å². The van der Waals surface area contributed by atoms with Crippen molar-refractivity contribution in [2.24, 2.45) is 0 Å². The summed E-state index contributed by atoms with van der Waals surface area (Å²) in [5.41, 5.74) is 0.346. The number of hydrogen-bond acceptors (Lipinski definition) is 5. The molecule has 1 aromatic carbocycles. The molecule has 0 radical (unpaired) electrons. The lowest BCUT2D eigenvalue weighted by Gasteiger charge is -2.08. The fourth-order valence-electron chi connectivity index (χ4n) is 1.97. The summed E-state index contributed by atoms with van der Waals surface area (Å²) in [5, 5.41) is 4.01. The van der Waals surface area contributed by atoms with E-state index in [0.29, 0.717) is 11.4 Å². The van der Waals surface area contributed by atoms with Gasteiger partial charge in [-0.25, -0.2) is 27.5 Å². The van der Waals surface area contributed by atoms with Crippen molar-refractivity contribution < 1.29 is 12.8 Å². The van der Waals surface area contributed by atoms with Gasteiger partial charge in [0.05, 0.1) is 5.75 Å². The van der Waals surface area contributed by atoms with Gasteiger partial charge in [-0.2, -0.15) is 5.10 Å². The van der Waals surface area contributed by atoms with Crippen molar-refractivity contribution in [3.8, 4) is 5.82 Å². The quantitative estimate of drug-likeness (QED) is 0.768. The molecule has 0 aliphatic heterocycles. The summed E-state index contributed by atoms with van der Waals surface area (Å²) in [6.07, 6.45) is 4.49. The summed E-state index contributed by atoms with van der Waals surface area (Å²) >= 11 is 0. The molecule has 1 N–H and O–H groups in total. The van der Waals surface area contributed by atoms with Gasteiger partial charge in [-0.1, -0.05) is 12.1 Å². The molecule has 0 unspecified atom stereocenters. The summed E-state index contributed by atoms with van der Waals surface area (Å²) in [4.78, 5) is 7.89. The van der Waals surface area contributed by atoms with Gasteiger partial charge >= 0.3 is 0 Å². The second-order valence-electron chi connectivity index (χ2n) is 4.70. The van der Waals surface area contributed by atoms with Gasteiger partial charge in [-0.05, 0) is 23.8 Å². The molecule has 0 saturated heterocycles. The first-order chi connectivity index (χ1) is 11.0. The molecule has 0 bridgehead atoms. The summed E-state index contributed by atoms with van der Waals surface area (Å²) in [7, 11) is -3.73. The van der Waals surface area contributed by atoms with E-state index >= 15 is 0 Å². The van der Waals surface area contributed by atoms with E-state index in [9.17, 15) is 12.8 Å². The number of nitrogens with zero attached hydrogens (tertiary/aromatic N) is 4. The van der Waals surface area contributed by atoms with Crippen LogP contribution in [-0.2, 0) is 15.8 Å². The fourth-order valence-corrected chi connectivity index (χ4v) is 3.09. The van der Waals surface area contributed by atoms with E-state index in [4.69, 9.17) is 0 Å². The normalized spacial score (nSPS) is 11.3. The Morgan fingerprint density at radius 2 is 2.04 bits per heavy atom. The molecular formula is C14H12FN5O2S. The maximum absolute atomic E-state index is 13.1. The SMILES string of the molecule is O=S(=O)(Cc1cccc(F)c1)Nc1cc(-n2cccn2)ncn1. The molecule has 0 saturated carbocycles.